The molecule has 1 fully saturated rings. The predicted octanol–water partition coefficient (Wildman–Crippen LogP) is 3.79. The Balaban J connectivity index is 2.29. The average Bonchev–Trinajstić information content (AvgIpc) is 2.81. The zero-order valence-corrected chi connectivity index (χ0v) is 10.4. The van der Waals surface area contributed by atoms with Crippen LogP contribution in [0.1, 0.15) is 62.5 Å². The molecule has 0 amide bonds. The molecule has 1 nitrogen and oxygen atoms in total. The smallest absolute Gasteiger partial charge is 0.00767 e. The fraction of sp³-hybridized carbons (Fsp3) is 0.600. The fourth-order valence-corrected chi connectivity index (χ4v) is 2.82. The highest BCUT2D eigenvalue weighted by atomic mass is 14.6. The molecule has 1 saturated carbocycles. The quantitative estimate of drug-likeness (QED) is 0.819. The van der Waals surface area contributed by atoms with E-state index in [1.165, 1.54) is 31.2 Å². The topological polar surface area (TPSA) is 26.0 Å². The molecule has 0 saturated heterocycles. The SMILES string of the molecule is CC(N)C(C)c1ccccc1C1CCCC1. The molecule has 0 aliphatic heterocycles. The molecule has 2 atom stereocenters. The summed E-state index contributed by atoms with van der Waals surface area (Å²) in [6.07, 6.45) is 5.52. The fourth-order valence-electron chi connectivity index (χ4n) is 2.82. The van der Waals surface area contributed by atoms with E-state index >= 15 is 0 Å². The second-order valence-corrected chi connectivity index (χ2v) is 5.26. The average molecular weight is 217 g/mol. The van der Waals surface area contributed by atoms with Gasteiger partial charge in [0.1, 0.15) is 0 Å². The largest absolute Gasteiger partial charge is 0.327 e. The molecule has 2 N–H and O–H groups in total. The summed E-state index contributed by atoms with van der Waals surface area (Å²) in [6, 6.07) is 9.13. The van der Waals surface area contributed by atoms with Crippen molar-refractivity contribution in [1.29, 1.82) is 0 Å². The van der Waals surface area contributed by atoms with Crippen LogP contribution in [0, 0.1) is 0 Å². The molecule has 2 rings (SSSR count). The number of benzene rings is 1. The molecule has 88 valence electrons. The van der Waals surface area contributed by atoms with E-state index in [2.05, 4.69) is 38.1 Å². The highest BCUT2D eigenvalue weighted by molar-refractivity contribution is 5.34. The van der Waals surface area contributed by atoms with Crippen molar-refractivity contribution in [3.8, 4) is 0 Å². The molecule has 1 heteroatoms. The Morgan fingerprint density at radius 2 is 1.75 bits per heavy atom. The molecule has 0 bridgehead atoms. The van der Waals surface area contributed by atoms with Gasteiger partial charge in [-0.05, 0) is 42.7 Å². The lowest BCUT2D eigenvalue weighted by Gasteiger charge is -2.22. The van der Waals surface area contributed by atoms with Crippen LogP contribution in [0.4, 0.5) is 0 Å². The molecular formula is C15H23N. The van der Waals surface area contributed by atoms with Crippen LogP contribution in [-0.2, 0) is 0 Å². The molecular weight excluding hydrogens is 194 g/mol. The standard InChI is InChI=1S/C15H23N/c1-11(12(2)16)14-9-5-6-10-15(14)13-7-3-4-8-13/h5-6,9-13H,3-4,7-8,16H2,1-2H3. The van der Waals surface area contributed by atoms with Crippen molar-refractivity contribution in [2.24, 2.45) is 5.73 Å². The van der Waals surface area contributed by atoms with Gasteiger partial charge >= 0.3 is 0 Å². The van der Waals surface area contributed by atoms with Crippen molar-refractivity contribution in [3.05, 3.63) is 35.4 Å². The van der Waals surface area contributed by atoms with Crippen LogP contribution in [0.15, 0.2) is 24.3 Å². The first-order valence-electron chi connectivity index (χ1n) is 6.54. The first-order chi connectivity index (χ1) is 7.70. The maximum absolute atomic E-state index is 6.04. The lowest BCUT2D eigenvalue weighted by atomic mass is 9.85. The minimum atomic E-state index is 0.238. The molecule has 2 unspecified atom stereocenters. The third-order valence-electron chi connectivity index (χ3n) is 4.07. The van der Waals surface area contributed by atoms with Crippen LogP contribution in [0.2, 0.25) is 0 Å². The number of hydrogen-bond acceptors (Lipinski definition) is 1. The van der Waals surface area contributed by atoms with Crippen molar-refractivity contribution in [3.63, 3.8) is 0 Å². The van der Waals surface area contributed by atoms with E-state index in [0.717, 1.165) is 5.92 Å². The van der Waals surface area contributed by atoms with Crippen molar-refractivity contribution in [1.82, 2.24) is 0 Å². The van der Waals surface area contributed by atoms with E-state index in [1.54, 1.807) is 5.56 Å². The zero-order chi connectivity index (χ0) is 11.5. The molecule has 0 heterocycles. The van der Waals surface area contributed by atoms with Gasteiger partial charge in [0, 0.05) is 6.04 Å². The van der Waals surface area contributed by atoms with Gasteiger partial charge in [0.25, 0.3) is 0 Å². The molecule has 0 radical (unpaired) electrons. The summed E-state index contributed by atoms with van der Waals surface area (Å²) in [4.78, 5) is 0. The lowest BCUT2D eigenvalue weighted by Crippen LogP contribution is -2.23. The van der Waals surface area contributed by atoms with E-state index in [1.807, 2.05) is 0 Å². The Bertz CT molecular complexity index is 316. The number of hydrogen-bond donors (Lipinski definition) is 1. The monoisotopic (exact) mass is 217 g/mol. The normalized spacial score (nSPS) is 20.9. The molecule has 1 aromatic rings. The highest BCUT2D eigenvalue weighted by Gasteiger charge is 2.22. The Kier molecular flexibility index (Phi) is 3.65. The van der Waals surface area contributed by atoms with Crippen molar-refractivity contribution in [2.45, 2.75) is 57.4 Å². The van der Waals surface area contributed by atoms with Crippen LogP contribution in [0.5, 0.6) is 0 Å². The van der Waals surface area contributed by atoms with E-state index < -0.39 is 0 Å². The van der Waals surface area contributed by atoms with Gasteiger partial charge in [-0.3, -0.25) is 0 Å². The molecule has 0 spiro atoms. The van der Waals surface area contributed by atoms with Crippen molar-refractivity contribution >= 4 is 0 Å². The second-order valence-electron chi connectivity index (χ2n) is 5.26. The maximum atomic E-state index is 6.04. The minimum Gasteiger partial charge on any atom is -0.327 e. The number of rotatable bonds is 3. The zero-order valence-electron chi connectivity index (χ0n) is 10.4. The molecule has 0 aromatic heterocycles. The van der Waals surface area contributed by atoms with Gasteiger partial charge in [-0.1, -0.05) is 44.0 Å². The van der Waals surface area contributed by atoms with E-state index in [0.29, 0.717) is 5.92 Å². The summed E-state index contributed by atoms with van der Waals surface area (Å²) in [5.41, 5.74) is 9.07. The third kappa shape index (κ3) is 2.30. The van der Waals surface area contributed by atoms with E-state index in [9.17, 15) is 0 Å². The summed E-state index contributed by atoms with van der Waals surface area (Å²) in [5, 5.41) is 0. The van der Waals surface area contributed by atoms with Crippen LogP contribution < -0.4 is 5.73 Å². The summed E-state index contributed by atoms with van der Waals surface area (Å²) < 4.78 is 0. The van der Waals surface area contributed by atoms with Gasteiger partial charge in [0.05, 0.1) is 0 Å². The Labute approximate surface area is 99.0 Å². The summed E-state index contributed by atoms with van der Waals surface area (Å²) in [7, 11) is 0. The van der Waals surface area contributed by atoms with Gasteiger partial charge in [-0.25, -0.2) is 0 Å². The van der Waals surface area contributed by atoms with Gasteiger partial charge in [0.15, 0.2) is 0 Å². The first kappa shape index (κ1) is 11.7. The lowest BCUT2D eigenvalue weighted by molar-refractivity contribution is 0.595. The van der Waals surface area contributed by atoms with Crippen LogP contribution >= 0.6 is 0 Å². The molecule has 16 heavy (non-hydrogen) atoms. The highest BCUT2D eigenvalue weighted by Crippen LogP contribution is 2.38. The van der Waals surface area contributed by atoms with Gasteiger partial charge in [-0.2, -0.15) is 0 Å². The van der Waals surface area contributed by atoms with E-state index in [-0.39, 0.29) is 6.04 Å². The molecule has 1 aliphatic carbocycles. The summed E-state index contributed by atoms with van der Waals surface area (Å²) >= 11 is 0. The predicted molar refractivity (Wildman–Crippen MR) is 69.7 cm³/mol. The summed E-state index contributed by atoms with van der Waals surface area (Å²) in [6.45, 7) is 4.36. The molecule has 1 aromatic carbocycles. The van der Waals surface area contributed by atoms with Gasteiger partial charge < -0.3 is 5.73 Å². The Morgan fingerprint density at radius 3 is 2.38 bits per heavy atom. The van der Waals surface area contributed by atoms with Crippen molar-refractivity contribution < 1.29 is 0 Å². The Hall–Kier alpha value is -0.820. The summed E-state index contributed by atoms with van der Waals surface area (Å²) in [5.74, 6) is 1.26. The molecule has 1 aliphatic rings. The Morgan fingerprint density at radius 1 is 1.12 bits per heavy atom. The first-order valence-corrected chi connectivity index (χ1v) is 6.54. The van der Waals surface area contributed by atoms with Crippen LogP contribution in [0.25, 0.3) is 0 Å². The number of nitrogens with two attached hydrogens (primary N) is 1. The van der Waals surface area contributed by atoms with E-state index in [4.69, 9.17) is 5.73 Å². The van der Waals surface area contributed by atoms with Gasteiger partial charge in [-0.15, -0.1) is 0 Å². The van der Waals surface area contributed by atoms with Gasteiger partial charge in [0.2, 0.25) is 0 Å². The van der Waals surface area contributed by atoms with Crippen LogP contribution in [-0.4, -0.2) is 6.04 Å². The maximum Gasteiger partial charge on any atom is 0.00767 e. The third-order valence-corrected chi connectivity index (χ3v) is 4.07. The minimum absolute atomic E-state index is 0.238. The van der Waals surface area contributed by atoms with Crippen LogP contribution in [0.3, 0.4) is 0 Å². The second kappa shape index (κ2) is 5.01. The van der Waals surface area contributed by atoms with Crippen molar-refractivity contribution in [2.75, 3.05) is 0 Å².